The number of hydrogen-bond acceptors (Lipinski definition) is 4. The van der Waals surface area contributed by atoms with Crippen LogP contribution >= 0.6 is 0 Å². The van der Waals surface area contributed by atoms with Crippen LogP contribution in [0.25, 0.3) is 0 Å². The van der Waals surface area contributed by atoms with Crippen LogP contribution in [0.15, 0.2) is 29.2 Å². The van der Waals surface area contributed by atoms with Gasteiger partial charge in [0.1, 0.15) is 0 Å². The molecule has 1 amide bonds. The summed E-state index contributed by atoms with van der Waals surface area (Å²) in [6.07, 6.45) is 2.40. The summed E-state index contributed by atoms with van der Waals surface area (Å²) >= 11 is 0. The van der Waals surface area contributed by atoms with Gasteiger partial charge in [-0.1, -0.05) is 12.1 Å². The summed E-state index contributed by atoms with van der Waals surface area (Å²) in [5, 5.41) is 11.0. The van der Waals surface area contributed by atoms with Crippen molar-refractivity contribution in [2.45, 2.75) is 37.0 Å². The molecule has 0 unspecified atom stereocenters. The quantitative estimate of drug-likeness (QED) is 0.725. The van der Waals surface area contributed by atoms with Crippen molar-refractivity contribution in [2.75, 3.05) is 19.6 Å². The summed E-state index contributed by atoms with van der Waals surface area (Å²) in [4.78, 5) is 22.2. The lowest BCUT2D eigenvalue weighted by atomic mass is 10.1. The lowest BCUT2D eigenvalue weighted by molar-refractivity contribution is -0.136. The minimum Gasteiger partial charge on any atom is -0.481 e. The molecule has 2 rings (SSSR count). The summed E-state index contributed by atoms with van der Waals surface area (Å²) in [7, 11) is -3.41. The Balaban J connectivity index is 1.86. The molecule has 0 aliphatic carbocycles. The van der Waals surface area contributed by atoms with Gasteiger partial charge in [0.25, 0.3) is 0 Å². The summed E-state index contributed by atoms with van der Waals surface area (Å²) in [5.74, 6) is -1.17. The molecule has 0 atom stereocenters. The van der Waals surface area contributed by atoms with E-state index in [9.17, 15) is 18.0 Å². The Morgan fingerprint density at radius 1 is 1.08 bits per heavy atom. The van der Waals surface area contributed by atoms with Gasteiger partial charge in [-0.15, -0.1) is 0 Å². The molecule has 1 heterocycles. The zero-order chi connectivity index (χ0) is 17.6. The highest BCUT2D eigenvalue weighted by atomic mass is 32.2. The van der Waals surface area contributed by atoms with Gasteiger partial charge in [-0.2, -0.15) is 4.31 Å². The van der Waals surface area contributed by atoms with Gasteiger partial charge in [0.15, 0.2) is 0 Å². The normalized spacial score (nSPS) is 15.3. The summed E-state index contributed by atoms with van der Waals surface area (Å²) in [6, 6.07) is 6.58. The van der Waals surface area contributed by atoms with Gasteiger partial charge in [-0.05, 0) is 37.0 Å². The average Bonchev–Trinajstić information content (AvgIpc) is 3.08. The van der Waals surface area contributed by atoms with Crippen LogP contribution in [0, 0.1) is 0 Å². The number of carboxylic acid groups (broad SMARTS) is 1. The molecule has 24 heavy (non-hydrogen) atoms. The number of amides is 1. The van der Waals surface area contributed by atoms with Gasteiger partial charge in [-0.25, -0.2) is 8.42 Å². The third-order valence-corrected chi connectivity index (χ3v) is 5.84. The molecule has 0 saturated carbocycles. The van der Waals surface area contributed by atoms with E-state index >= 15 is 0 Å². The van der Waals surface area contributed by atoms with E-state index in [1.807, 2.05) is 0 Å². The van der Waals surface area contributed by atoms with Crippen molar-refractivity contribution in [1.82, 2.24) is 9.62 Å². The first kappa shape index (κ1) is 18.4. The van der Waals surface area contributed by atoms with E-state index in [-0.39, 0.29) is 30.2 Å². The number of hydrogen-bond donors (Lipinski definition) is 2. The summed E-state index contributed by atoms with van der Waals surface area (Å²) < 4.78 is 26.3. The van der Waals surface area contributed by atoms with Crippen molar-refractivity contribution in [3.05, 3.63) is 29.8 Å². The van der Waals surface area contributed by atoms with Gasteiger partial charge in [-0.3, -0.25) is 9.59 Å². The molecule has 1 fully saturated rings. The average molecular weight is 354 g/mol. The van der Waals surface area contributed by atoms with Crippen LogP contribution in [0.5, 0.6) is 0 Å². The first-order chi connectivity index (χ1) is 11.4. The molecule has 1 aliphatic rings. The first-order valence-electron chi connectivity index (χ1n) is 7.97. The second-order valence-corrected chi connectivity index (χ2v) is 7.69. The van der Waals surface area contributed by atoms with Crippen molar-refractivity contribution >= 4 is 21.9 Å². The van der Waals surface area contributed by atoms with Crippen LogP contribution in [0.3, 0.4) is 0 Å². The molecule has 0 aromatic heterocycles. The van der Waals surface area contributed by atoms with E-state index in [1.165, 1.54) is 4.31 Å². The molecule has 1 saturated heterocycles. The minimum atomic E-state index is -3.41. The van der Waals surface area contributed by atoms with Gasteiger partial charge >= 0.3 is 5.97 Å². The summed E-state index contributed by atoms with van der Waals surface area (Å²) in [5.41, 5.74) is 0.865. The smallest absolute Gasteiger partial charge is 0.305 e. The number of benzene rings is 1. The number of carbonyl (C=O) groups is 2. The van der Waals surface area contributed by atoms with Crippen LogP contribution in [-0.4, -0.2) is 49.3 Å². The number of carbonyl (C=O) groups excluding carboxylic acids is 1. The van der Waals surface area contributed by atoms with E-state index in [2.05, 4.69) is 5.32 Å². The van der Waals surface area contributed by atoms with Crippen LogP contribution < -0.4 is 5.32 Å². The Kier molecular flexibility index (Phi) is 6.33. The number of sulfonamides is 1. The van der Waals surface area contributed by atoms with Crippen LogP contribution in [-0.2, 0) is 26.0 Å². The molecule has 0 bridgehead atoms. The molecule has 1 aliphatic heterocycles. The predicted octanol–water partition coefficient (Wildman–Crippen LogP) is 0.995. The monoisotopic (exact) mass is 354 g/mol. The van der Waals surface area contributed by atoms with Crippen molar-refractivity contribution in [3.8, 4) is 0 Å². The number of aliphatic carboxylic acids is 1. The molecular weight excluding hydrogens is 332 g/mol. The molecule has 132 valence electrons. The predicted molar refractivity (Wildman–Crippen MR) is 88.0 cm³/mol. The zero-order valence-electron chi connectivity index (χ0n) is 13.4. The molecule has 0 radical (unpaired) electrons. The highest BCUT2D eigenvalue weighted by Gasteiger charge is 2.26. The lowest BCUT2D eigenvalue weighted by Crippen LogP contribution is -2.27. The van der Waals surface area contributed by atoms with Gasteiger partial charge < -0.3 is 10.4 Å². The summed E-state index contributed by atoms with van der Waals surface area (Å²) in [6.45, 7) is 1.25. The van der Waals surface area contributed by atoms with Gasteiger partial charge in [0.05, 0.1) is 11.3 Å². The van der Waals surface area contributed by atoms with Crippen LogP contribution in [0.2, 0.25) is 0 Å². The minimum absolute atomic E-state index is 0.102. The zero-order valence-corrected chi connectivity index (χ0v) is 14.2. The molecule has 2 N–H and O–H groups in total. The Bertz CT molecular complexity index is 679. The van der Waals surface area contributed by atoms with Crippen molar-refractivity contribution in [1.29, 1.82) is 0 Å². The Morgan fingerprint density at radius 3 is 2.29 bits per heavy atom. The first-order valence-corrected chi connectivity index (χ1v) is 9.41. The van der Waals surface area contributed by atoms with Crippen molar-refractivity contribution < 1.29 is 23.1 Å². The fourth-order valence-corrected chi connectivity index (χ4v) is 4.08. The van der Waals surface area contributed by atoms with E-state index in [1.54, 1.807) is 24.3 Å². The van der Waals surface area contributed by atoms with E-state index in [0.29, 0.717) is 19.5 Å². The number of carboxylic acids is 1. The molecule has 7 nitrogen and oxygen atoms in total. The van der Waals surface area contributed by atoms with E-state index in [0.717, 1.165) is 18.4 Å². The highest BCUT2D eigenvalue weighted by Crippen LogP contribution is 2.21. The maximum atomic E-state index is 12.4. The SMILES string of the molecule is O=C(O)CCNC(=O)CCc1ccc(S(=O)(=O)N2CCCC2)cc1. The second kappa shape index (κ2) is 8.25. The third kappa shape index (κ3) is 5.04. The highest BCUT2D eigenvalue weighted by molar-refractivity contribution is 7.89. The van der Waals surface area contributed by atoms with Gasteiger partial charge in [0, 0.05) is 26.1 Å². The molecule has 1 aromatic rings. The third-order valence-electron chi connectivity index (χ3n) is 3.93. The molecule has 8 heteroatoms. The Morgan fingerprint density at radius 2 is 1.71 bits per heavy atom. The van der Waals surface area contributed by atoms with Crippen LogP contribution in [0.4, 0.5) is 0 Å². The standard InChI is InChI=1S/C16H22N2O5S/c19-15(17-10-9-16(20)21)8-5-13-3-6-14(7-4-13)24(22,23)18-11-1-2-12-18/h3-4,6-7H,1-2,5,8-12H2,(H,17,19)(H,20,21). The largest absolute Gasteiger partial charge is 0.481 e. The van der Waals surface area contributed by atoms with E-state index in [4.69, 9.17) is 5.11 Å². The molecule has 1 aromatic carbocycles. The maximum absolute atomic E-state index is 12.4. The maximum Gasteiger partial charge on any atom is 0.305 e. The molecule has 0 spiro atoms. The number of nitrogens with zero attached hydrogens (tertiary/aromatic N) is 1. The Labute approximate surface area is 141 Å². The number of rotatable bonds is 8. The van der Waals surface area contributed by atoms with Crippen molar-refractivity contribution in [3.63, 3.8) is 0 Å². The second-order valence-electron chi connectivity index (χ2n) is 5.75. The number of aryl methyl sites for hydroxylation is 1. The molecular formula is C16H22N2O5S. The van der Waals surface area contributed by atoms with Crippen molar-refractivity contribution in [2.24, 2.45) is 0 Å². The lowest BCUT2D eigenvalue weighted by Gasteiger charge is -2.15. The Hall–Kier alpha value is -1.93. The fraction of sp³-hybridized carbons (Fsp3) is 0.500. The van der Waals surface area contributed by atoms with Gasteiger partial charge in [0.2, 0.25) is 15.9 Å². The van der Waals surface area contributed by atoms with E-state index < -0.39 is 16.0 Å². The van der Waals surface area contributed by atoms with Crippen LogP contribution in [0.1, 0.15) is 31.2 Å². The number of nitrogens with one attached hydrogen (secondary N) is 1. The topological polar surface area (TPSA) is 104 Å². The fourth-order valence-electron chi connectivity index (χ4n) is 2.56.